The number of halogens is 1. The van der Waals surface area contributed by atoms with E-state index in [1.165, 1.54) is 18.2 Å². The molecule has 0 aliphatic heterocycles. The first-order chi connectivity index (χ1) is 10.6. The minimum atomic E-state index is -1.54. The second kappa shape index (κ2) is 7.82. The van der Waals surface area contributed by atoms with Crippen LogP contribution in [-0.4, -0.2) is 27.5 Å². The Kier molecular flexibility index (Phi) is 5.80. The van der Waals surface area contributed by atoms with Gasteiger partial charge in [0.2, 0.25) is 0 Å². The van der Waals surface area contributed by atoms with E-state index >= 15 is 0 Å². The zero-order valence-corrected chi connectivity index (χ0v) is 12.6. The van der Waals surface area contributed by atoms with Gasteiger partial charge in [0.1, 0.15) is 5.82 Å². The van der Waals surface area contributed by atoms with Crippen molar-refractivity contribution in [1.29, 1.82) is 0 Å². The fourth-order valence-corrected chi connectivity index (χ4v) is 2.91. The van der Waals surface area contributed by atoms with E-state index < -0.39 is 28.6 Å². The van der Waals surface area contributed by atoms with Crippen LogP contribution in [-0.2, 0) is 15.6 Å². The Labute approximate surface area is 130 Å². The lowest BCUT2D eigenvalue weighted by molar-refractivity contribution is -0.129. The molecule has 6 heteroatoms. The lowest BCUT2D eigenvalue weighted by Crippen LogP contribution is -2.32. The van der Waals surface area contributed by atoms with Gasteiger partial charge in [-0.3, -0.25) is 9.00 Å². The van der Waals surface area contributed by atoms with E-state index in [0.29, 0.717) is 5.56 Å². The fraction of sp³-hybridized carbons (Fsp3) is 0.188. The maximum absolute atomic E-state index is 13.5. The Balaban J connectivity index is 1.85. The van der Waals surface area contributed by atoms with Crippen LogP contribution in [0.2, 0.25) is 0 Å². The number of carbonyl (C=O) groups is 1. The van der Waals surface area contributed by atoms with Crippen molar-refractivity contribution in [1.82, 2.24) is 5.32 Å². The third-order valence-electron chi connectivity index (χ3n) is 3.03. The molecule has 0 aromatic heterocycles. The Morgan fingerprint density at radius 1 is 1.14 bits per heavy atom. The zero-order valence-electron chi connectivity index (χ0n) is 11.7. The number of rotatable bonds is 6. The second-order valence-electron chi connectivity index (χ2n) is 4.58. The molecule has 2 aromatic carbocycles. The molecule has 0 saturated carbocycles. The van der Waals surface area contributed by atoms with E-state index in [2.05, 4.69) is 5.32 Å². The van der Waals surface area contributed by atoms with Crippen molar-refractivity contribution >= 4 is 16.7 Å². The number of hydrogen-bond acceptors (Lipinski definition) is 3. The first-order valence-electron chi connectivity index (χ1n) is 6.73. The number of benzene rings is 2. The van der Waals surface area contributed by atoms with Crippen molar-refractivity contribution in [2.24, 2.45) is 0 Å². The summed E-state index contributed by atoms with van der Waals surface area (Å²) in [4.78, 5) is 11.9. The van der Waals surface area contributed by atoms with Crippen LogP contribution < -0.4 is 5.32 Å². The molecule has 0 aliphatic carbocycles. The number of amides is 1. The van der Waals surface area contributed by atoms with Crippen LogP contribution in [0.3, 0.4) is 0 Å². The molecule has 4 nitrogen and oxygen atoms in total. The summed E-state index contributed by atoms with van der Waals surface area (Å²) in [6.45, 7) is 0.0870. The maximum atomic E-state index is 13.5. The van der Waals surface area contributed by atoms with Crippen LogP contribution in [0.5, 0.6) is 0 Å². The predicted molar refractivity (Wildman–Crippen MR) is 82.1 cm³/mol. The second-order valence-corrected chi connectivity index (χ2v) is 6.12. The quantitative estimate of drug-likeness (QED) is 0.852. The molecule has 2 N–H and O–H groups in total. The van der Waals surface area contributed by atoms with Gasteiger partial charge in [-0.15, -0.1) is 0 Å². The number of carbonyl (C=O) groups excluding carboxylic acids is 1. The number of aliphatic hydroxyl groups excluding tert-OH is 1. The van der Waals surface area contributed by atoms with Gasteiger partial charge in [0.15, 0.2) is 6.10 Å². The molecule has 0 heterocycles. The first kappa shape index (κ1) is 16.3. The number of aliphatic hydroxyl groups is 1. The Hall–Kier alpha value is -2.05. The van der Waals surface area contributed by atoms with E-state index in [9.17, 15) is 18.5 Å². The molecule has 2 rings (SSSR count). The van der Waals surface area contributed by atoms with Gasteiger partial charge in [-0.2, -0.15) is 0 Å². The molecule has 2 atom stereocenters. The Morgan fingerprint density at radius 3 is 2.45 bits per heavy atom. The summed E-state index contributed by atoms with van der Waals surface area (Å²) in [5.74, 6) is -1.03. The summed E-state index contributed by atoms with van der Waals surface area (Å²) in [7, 11) is -1.54. The minimum absolute atomic E-state index is 0.0776. The lowest BCUT2D eigenvalue weighted by Gasteiger charge is -2.11. The van der Waals surface area contributed by atoms with Crippen LogP contribution in [0.1, 0.15) is 11.7 Å². The number of hydrogen-bond donors (Lipinski definition) is 2. The molecule has 0 bridgehead atoms. The average molecular weight is 321 g/mol. The molecule has 0 saturated heterocycles. The minimum Gasteiger partial charge on any atom is -0.378 e. The van der Waals surface area contributed by atoms with E-state index in [4.69, 9.17) is 0 Å². The van der Waals surface area contributed by atoms with Crippen LogP contribution in [0.15, 0.2) is 59.5 Å². The van der Waals surface area contributed by atoms with Crippen molar-refractivity contribution in [3.8, 4) is 0 Å². The smallest absolute Gasteiger partial charge is 0.253 e. The SMILES string of the molecule is O=C(NCC[S@@](=O)c1ccccc1F)[C@H](O)c1ccccc1. The molecule has 2 aromatic rings. The third-order valence-corrected chi connectivity index (χ3v) is 4.43. The molecule has 0 radical (unpaired) electrons. The molecule has 0 unspecified atom stereocenters. The summed E-state index contributed by atoms with van der Waals surface area (Å²) in [6.07, 6.45) is -1.27. The largest absolute Gasteiger partial charge is 0.378 e. The maximum Gasteiger partial charge on any atom is 0.253 e. The fourth-order valence-electron chi connectivity index (χ4n) is 1.89. The number of nitrogens with one attached hydrogen (secondary N) is 1. The van der Waals surface area contributed by atoms with Crippen LogP contribution in [0.4, 0.5) is 4.39 Å². The van der Waals surface area contributed by atoms with Gasteiger partial charge in [-0.25, -0.2) is 4.39 Å². The molecular formula is C16H16FNO3S. The van der Waals surface area contributed by atoms with Gasteiger partial charge in [0.25, 0.3) is 5.91 Å². The van der Waals surface area contributed by atoms with Gasteiger partial charge in [-0.05, 0) is 17.7 Å². The molecular weight excluding hydrogens is 305 g/mol. The van der Waals surface area contributed by atoms with E-state index in [0.717, 1.165) is 0 Å². The van der Waals surface area contributed by atoms with Crippen LogP contribution in [0, 0.1) is 5.82 Å². The van der Waals surface area contributed by atoms with Crippen molar-refractivity contribution in [2.45, 2.75) is 11.0 Å². The van der Waals surface area contributed by atoms with Crippen LogP contribution in [0.25, 0.3) is 0 Å². The molecule has 0 aliphatic rings. The average Bonchev–Trinajstić information content (AvgIpc) is 2.55. The zero-order chi connectivity index (χ0) is 15.9. The monoisotopic (exact) mass is 321 g/mol. The summed E-state index contributed by atoms with van der Waals surface area (Å²) in [5.41, 5.74) is 0.482. The summed E-state index contributed by atoms with van der Waals surface area (Å²) >= 11 is 0. The van der Waals surface area contributed by atoms with Gasteiger partial charge >= 0.3 is 0 Å². The normalized spacial score (nSPS) is 13.4. The van der Waals surface area contributed by atoms with Gasteiger partial charge in [0, 0.05) is 12.3 Å². The Morgan fingerprint density at radius 2 is 1.77 bits per heavy atom. The molecule has 116 valence electrons. The highest BCUT2D eigenvalue weighted by Gasteiger charge is 2.17. The van der Waals surface area contributed by atoms with Crippen molar-refractivity contribution in [3.05, 3.63) is 66.0 Å². The summed E-state index contributed by atoms with van der Waals surface area (Å²) in [5, 5.41) is 12.4. The molecule has 0 spiro atoms. The van der Waals surface area contributed by atoms with E-state index in [1.807, 2.05) is 0 Å². The van der Waals surface area contributed by atoms with Crippen LogP contribution >= 0.6 is 0 Å². The van der Waals surface area contributed by atoms with Crippen molar-refractivity contribution in [3.63, 3.8) is 0 Å². The highest BCUT2D eigenvalue weighted by atomic mass is 32.2. The van der Waals surface area contributed by atoms with Gasteiger partial charge < -0.3 is 10.4 Å². The lowest BCUT2D eigenvalue weighted by atomic mass is 10.1. The van der Waals surface area contributed by atoms with Crippen molar-refractivity contribution < 1.29 is 18.5 Å². The predicted octanol–water partition coefficient (Wildman–Crippen LogP) is 1.78. The first-order valence-corrected chi connectivity index (χ1v) is 8.05. The highest BCUT2D eigenvalue weighted by Crippen LogP contribution is 2.13. The highest BCUT2D eigenvalue weighted by molar-refractivity contribution is 7.85. The molecule has 1 amide bonds. The topological polar surface area (TPSA) is 66.4 Å². The summed E-state index contributed by atoms with van der Waals surface area (Å²) in [6, 6.07) is 14.3. The molecule has 22 heavy (non-hydrogen) atoms. The third kappa shape index (κ3) is 4.22. The molecule has 0 fully saturated rings. The van der Waals surface area contributed by atoms with Gasteiger partial charge in [-0.1, -0.05) is 42.5 Å². The van der Waals surface area contributed by atoms with Gasteiger partial charge in [0.05, 0.1) is 15.7 Å². The summed E-state index contributed by atoms with van der Waals surface area (Å²) < 4.78 is 25.4. The standard InChI is InChI=1S/C16H16FNO3S/c17-13-8-4-5-9-14(13)22(21)11-10-18-16(20)15(19)12-6-2-1-3-7-12/h1-9,15,19H,10-11H2,(H,18,20)/t15-,22-/m1/s1. The van der Waals surface area contributed by atoms with E-state index in [-0.39, 0.29) is 17.2 Å². The van der Waals surface area contributed by atoms with Crippen molar-refractivity contribution in [2.75, 3.05) is 12.3 Å². The Bertz CT molecular complexity index is 663. The van der Waals surface area contributed by atoms with E-state index in [1.54, 1.807) is 36.4 Å².